The standard InChI is InChI=1S/C16H21F3N2OS/c1-11(21-15(22)9-14-10-23-7-6-20-14)8-12-2-4-13(5-3-12)16(17,18)19/h2-5,11,14,20H,6-10H2,1H3,(H,21,22). The van der Waals surface area contributed by atoms with Gasteiger partial charge in [0, 0.05) is 36.6 Å². The quantitative estimate of drug-likeness (QED) is 0.861. The molecule has 0 aliphatic carbocycles. The lowest BCUT2D eigenvalue weighted by Crippen LogP contribution is -2.43. The molecule has 1 amide bonds. The summed E-state index contributed by atoms with van der Waals surface area (Å²) in [6, 6.07) is 5.16. The largest absolute Gasteiger partial charge is 0.416 e. The summed E-state index contributed by atoms with van der Waals surface area (Å²) in [5.74, 6) is 1.98. The summed E-state index contributed by atoms with van der Waals surface area (Å²) in [6.45, 7) is 2.78. The van der Waals surface area contributed by atoms with E-state index < -0.39 is 11.7 Å². The minimum atomic E-state index is -4.32. The van der Waals surface area contributed by atoms with Gasteiger partial charge in [-0.25, -0.2) is 0 Å². The molecule has 2 rings (SSSR count). The first-order valence-electron chi connectivity index (χ1n) is 7.61. The number of thioether (sulfide) groups is 1. The molecule has 23 heavy (non-hydrogen) atoms. The van der Waals surface area contributed by atoms with E-state index in [2.05, 4.69) is 10.6 Å². The van der Waals surface area contributed by atoms with E-state index in [1.807, 2.05) is 18.7 Å². The van der Waals surface area contributed by atoms with Crippen molar-refractivity contribution in [3.05, 3.63) is 35.4 Å². The van der Waals surface area contributed by atoms with Crippen molar-refractivity contribution in [2.75, 3.05) is 18.1 Å². The number of carbonyl (C=O) groups excluding carboxylic acids is 1. The van der Waals surface area contributed by atoms with Crippen molar-refractivity contribution in [3.8, 4) is 0 Å². The van der Waals surface area contributed by atoms with Gasteiger partial charge in [-0.1, -0.05) is 12.1 Å². The number of hydrogen-bond donors (Lipinski definition) is 2. The van der Waals surface area contributed by atoms with E-state index in [1.54, 1.807) is 0 Å². The van der Waals surface area contributed by atoms with Crippen LogP contribution in [0.5, 0.6) is 0 Å². The molecule has 0 saturated carbocycles. The van der Waals surface area contributed by atoms with Crippen LogP contribution < -0.4 is 10.6 Å². The molecule has 0 bridgehead atoms. The third-order valence-electron chi connectivity index (χ3n) is 3.66. The summed E-state index contributed by atoms with van der Waals surface area (Å²) in [6.07, 6.45) is -3.37. The summed E-state index contributed by atoms with van der Waals surface area (Å²) in [5, 5.41) is 6.22. The van der Waals surface area contributed by atoms with E-state index in [-0.39, 0.29) is 18.0 Å². The second-order valence-electron chi connectivity index (χ2n) is 5.80. The molecule has 1 fully saturated rings. The molecule has 1 aromatic rings. The fourth-order valence-corrected chi connectivity index (χ4v) is 3.49. The Bertz CT molecular complexity index is 513. The van der Waals surface area contributed by atoms with Crippen molar-refractivity contribution < 1.29 is 18.0 Å². The summed E-state index contributed by atoms with van der Waals surface area (Å²) in [7, 11) is 0. The lowest BCUT2D eigenvalue weighted by atomic mass is 10.0. The van der Waals surface area contributed by atoms with Gasteiger partial charge in [0.2, 0.25) is 5.91 Å². The lowest BCUT2D eigenvalue weighted by molar-refractivity contribution is -0.137. The van der Waals surface area contributed by atoms with Crippen LogP contribution in [0.1, 0.15) is 24.5 Å². The van der Waals surface area contributed by atoms with Crippen LogP contribution in [0.15, 0.2) is 24.3 Å². The van der Waals surface area contributed by atoms with Crippen molar-refractivity contribution in [2.24, 2.45) is 0 Å². The van der Waals surface area contributed by atoms with Crippen LogP contribution in [0, 0.1) is 0 Å². The van der Waals surface area contributed by atoms with Crippen molar-refractivity contribution in [3.63, 3.8) is 0 Å². The molecule has 2 unspecified atom stereocenters. The molecule has 2 atom stereocenters. The molecule has 0 spiro atoms. The number of nitrogens with one attached hydrogen (secondary N) is 2. The molecule has 0 aromatic heterocycles. The van der Waals surface area contributed by atoms with Gasteiger partial charge in [-0.2, -0.15) is 24.9 Å². The predicted molar refractivity (Wildman–Crippen MR) is 86.5 cm³/mol. The molecule has 3 nitrogen and oxygen atoms in total. The maximum Gasteiger partial charge on any atom is 0.416 e. The van der Waals surface area contributed by atoms with Gasteiger partial charge >= 0.3 is 6.18 Å². The molecule has 1 aromatic carbocycles. The lowest BCUT2D eigenvalue weighted by Gasteiger charge is -2.23. The van der Waals surface area contributed by atoms with Crippen molar-refractivity contribution in [1.29, 1.82) is 0 Å². The van der Waals surface area contributed by atoms with Gasteiger partial charge in [-0.3, -0.25) is 4.79 Å². The number of halogens is 3. The first kappa shape index (κ1) is 18.1. The highest BCUT2D eigenvalue weighted by atomic mass is 32.2. The Hall–Kier alpha value is -1.21. The SMILES string of the molecule is CC(Cc1ccc(C(F)(F)F)cc1)NC(=O)CC1CSCCN1. The van der Waals surface area contributed by atoms with Gasteiger partial charge in [0.1, 0.15) is 0 Å². The van der Waals surface area contributed by atoms with Gasteiger partial charge in [0.05, 0.1) is 5.56 Å². The minimum absolute atomic E-state index is 0.0237. The highest BCUT2D eigenvalue weighted by Crippen LogP contribution is 2.29. The highest BCUT2D eigenvalue weighted by Gasteiger charge is 2.30. The van der Waals surface area contributed by atoms with Crippen LogP contribution in [-0.4, -0.2) is 36.0 Å². The Morgan fingerprint density at radius 3 is 2.65 bits per heavy atom. The second-order valence-corrected chi connectivity index (χ2v) is 6.95. The second kappa shape index (κ2) is 8.06. The maximum atomic E-state index is 12.5. The van der Waals surface area contributed by atoms with E-state index in [1.165, 1.54) is 12.1 Å². The van der Waals surface area contributed by atoms with E-state index >= 15 is 0 Å². The van der Waals surface area contributed by atoms with Crippen molar-refractivity contribution >= 4 is 17.7 Å². The van der Waals surface area contributed by atoms with Crippen LogP contribution in [0.25, 0.3) is 0 Å². The average molecular weight is 346 g/mol. The Kier molecular flexibility index (Phi) is 6.35. The van der Waals surface area contributed by atoms with E-state index in [0.717, 1.165) is 35.7 Å². The highest BCUT2D eigenvalue weighted by molar-refractivity contribution is 7.99. The first-order valence-corrected chi connectivity index (χ1v) is 8.76. The zero-order valence-electron chi connectivity index (χ0n) is 13.0. The Balaban J connectivity index is 1.79. The van der Waals surface area contributed by atoms with Gasteiger partial charge in [0.25, 0.3) is 0 Å². The fourth-order valence-electron chi connectivity index (χ4n) is 2.54. The first-order chi connectivity index (χ1) is 10.8. The maximum absolute atomic E-state index is 12.5. The average Bonchev–Trinajstić information content (AvgIpc) is 2.47. The van der Waals surface area contributed by atoms with Crippen LogP contribution in [0.2, 0.25) is 0 Å². The molecule has 1 aliphatic rings. The molecule has 1 aliphatic heterocycles. The monoisotopic (exact) mass is 346 g/mol. The van der Waals surface area contributed by atoms with E-state index in [9.17, 15) is 18.0 Å². The number of hydrogen-bond acceptors (Lipinski definition) is 3. The van der Waals surface area contributed by atoms with Gasteiger partial charge < -0.3 is 10.6 Å². The third-order valence-corrected chi connectivity index (χ3v) is 4.79. The van der Waals surface area contributed by atoms with Crippen LogP contribution in [-0.2, 0) is 17.4 Å². The molecule has 7 heteroatoms. The van der Waals surface area contributed by atoms with Gasteiger partial charge in [-0.15, -0.1) is 0 Å². The summed E-state index contributed by atoms with van der Waals surface area (Å²) in [4.78, 5) is 12.0. The van der Waals surface area contributed by atoms with Crippen LogP contribution in [0.3, 0.4) is 0 Å². The molecule has 128 valence electrons. The molecule has 0 radical (unpaired) electrons. The van der Waals surface area contributed by atoms with Crippen LogP contribution >= 0.6 is 11.8 Å². The zero-order chi connectivity index (χ0) is 16.9. The van der Waals surface area contributed by atoms with E-state index in [4.69, 9.17) is 0 Å². The third kappa shape index (κ3) is 6.06. The Labute approximate surface area is 138 Å². The molecular formula is C16H21F3N2OS. The molecular weight excluding hydrogens is 325 g/mol. The number of benzene rings is 1. The van der Waals surface area contributed by atoms with Crippen molar-refractivity contribution in [1.82, 2.24) is 10.6 Å². The fraction of sp³-hybridized carbons (Fsp3) is 0.562. The molecule has 2 N–H and O–H groups in total. The number of amides is 1. The Morgan fingerprint density at radius 1 is 1.39 bits per heavy atom. The van der Waals surface area contributed by atoms with Crippen molar-refractivity contribution in [2.45, 2.75) is 38.0 Å². The van der Waals surface area contributed by atoms with Gasteiger partial charge in [-0.05, 0) is 31.0 Å². The smallest absolute Gasteiger partial charge is 0.353 e. The summed E-state index contributed by atoms with van der Waals surface area (Å²) in [5.41, 5.74) is 0.121. The normalized spacial score (nSPS) is 20.1. The number of alkyl halides is 3. The topological polar surface area (TPSA) is 41.1 Å². The molecule has 1 saturated heterocycles. The van der Waals surface area contributed by atoms with Crippen LogP contribution in [0.4, 0.5) is 13.2 Å². The van der Waals surface area contributed by atoms with E-state index in [0.29, 0.717) is 12.8 Å². The van der Waals surface area contributed by atoms with Gasteiger partial charge in [0.15, 0.2) is 0 Å². The Morgan fingerprint density at radius 2 is 2.09 bits per heavy atom. The minimum Gasteiger partial charge on any atom is -0.353 e. The number of carbonyl (C=O) groups is 1. The summed E-state index contributed by atoms with van der Waals surface area (Å²) >= 11 is 1.84. The molecule has 1 heterocycles. The zero-order valence-corrected chi connectivity index (χ0v) is 13.8. The summed E-state index contributed by atoms with van der Waals surface area (Å²) < 4.78 is 37.5. The number of rotatable bonds is 5. The predicted octanol–water partition coefficient (Wildman–Crippen LogP) is 2.85.